The summed E-state index contributed by atoms with van der Waals surface area (Å²) in [5.74, 6) is -0.118. The number of piperazine rings is 1. The highest BCUT2D eigenvalue weighted by Crippen LogP contribution is 2.15. The van der Waals surface area contributed by atoms with Crippen molar-refractivity contribution in [1.82, 2.24) is 14.8 Å². The van der Waals surface area contributed by atoms with Crippen LogP contribution in [0, 0.1) is 0 Å². The third kappa shape index (κ3) is 4.28. The highest BCUT2D eigenvalue weighted by Gasteiger charge is 2.25. The Bertz CT molecular complexity index is 709. The van der Waals surface area contributed by atoms with Crippen molar-refractivity contribution in [2.45, 2.75) is 26.2 Å². The molecule has 3 rings (SSSR count). The van der Waals surface area contributed by atoms with Crippen molar-refractivity contribution in [2.24, 2.45) is 5.10 Å². The maximum absolute atomic E-state index is 12.3. The van der Waals surface area contributed by atoms with E-state index in [1.165, 1.54) is 11.9 Å². The fourth-order valence-corrected chi connectivity index (χ4v) is 3.24. The first kappa shape index (κ1) is 18.1. The average molecular weight is 356 g/mol. The lowest BCUT2D eigenvalue weighted by Gasteiger charge is -2.34. The molecule has 2 aliphatic heterocycles. The monoisotopic (exact) mass is 356 g/mol. The van der Waals surface area contributed by atoms with E-state index in [4.69, 9.17) is 0 Å². The molecule has 7 nitrogen and oxygen atoms in total. The Hall–Kier alpha value is -2.70. The zero-order chi connectivity index (χ0) is 18.5. The van der Waals surface area contributed by atoms with Gasteiger partial charge in [-0.3, -0.25) is 14.4 Å². The van der Waals surface area contributed by atoms with Crippen molar-refractivity contribution < 1.29 is 14.4 Å². The number of amides is 3. The molecule has 1 aromatic carbocycles. The predicted molar refractivity (Wildman–Crippen MR) is 97.4 cm³/mol. The summed E-state index contributed by atoms with van der Waals surface area (Å²) in [4.78, 5) is 39.4. The lowest BCUT2D eigenvalue weighted by Crippen LogP contribution is -2.50. The first-order valence-corrected chi connectivity index (χ1v) is 9.01. The number of benzene rings is 1. The minimum Gasteiger partial charge on any atom is -0.339 e. The van der Waals surface area contributed by atoms with E-state index >= 15 is 0 Å². The van der Waals surface area contributed by atoms with Crippen molar-refractivity contribution >= 4 is 23.4 Å². The van der Waals surface area contributed by atoms with Gasteiger partial charge in [-0.1, -0.05) is 30.3 Å². The summed E-state index contributed by atoms with van der Waals surface area (Å²) < 4.78 is 0. The summed E-state index contributed by atoms with van der Waals surface area (Å²) in [6.07, 6.45) is 1.08. The van der Waals surface area contributed by atoms with Gasteiger partial charge in [0.15, 0.2) is 0 Å². The smallest absolute Gasteiger partial charge is 0.243 e. The van der Waals surface area contributed by atoms with E-state index < -0.39 is 0 Å². The van der Waals surface area contributed by atoms with Gasteiger partial charge in [0.05, 0.1) is 12.3 Å². The lowest BCUT2D eigenvalue weighted by atomic mass is 10.1. The van der Waals surface area contributed by atoms with Crippen LogP contribution in [0.15, 0.2) is 35.4 Å². The molecule has 0 aliphatic carbocycles. The van der Waals surface area contributed by atoms with Crippen molar-refractivity contribution in [3.05, 3.63) is 35.9 Å². The number of hydrogen-bond donors (Lipinski definition) is 0. The second-order valence-electron chi connectivity index (χ2n) is 6.57. The highest BCUT2D eigenvalue weighted by atomic mass is 16.2. The number of nitrogens with zero attached hydrogens (tertiary/aromatic N) is 4. The van der Waals surface area contributed by atoms with Gasteiger partial charge >= 0.3 is 0 Å². The normalized spacial score (nSPS) is 17.3. The quantitative estimate of drug-likeness (QED) is 0.811. The molecule has 0 saturated carbocycles. The van der Waals surface area contributed by atoms with Gasteiger partial charge in [-0.25, -0.2) is 5.01 Å². The minimum absolute atomic E-state index is 0.0342. The standard InChI is InChI=1S/C19H24N4O3/c1-15(24)21-11-13-22(14-12-21)18(25)7-8-19(26)23-10-9-17(20-23)16-5-3-2-4-6-16/h2-6H,7-14H2,1H3. The van der Waals surface area contributed by atoms with E-state index in [9.17, 15) is 14.4 Å². The van der Waals surface area contributed by atoms with E-state index in [1.807, 2.05) is 30.3 Å². The summed E-state index contributed by atoms with van der Waals surface area (Å²) in [6.45, 7) is 4.29. The SMILES string of the molecule is CC(=O)N1CCN(C(=O)CCC(=O)N2CCC(c3ccccc3)=N2)CC1. The Morgan fingerprint density at radius 1 is 0.885 bits per heavy atom. The number of hydrogen-bond acceptors (Lipinski definition) is 4. The molecule has 0 aromatic heterocycles. The molecule has 1 fully saturated rings. The van der Waals surface area contributed by atoms with E-state index in [0.29, 0.717) is 32.7 Å². The summed E-state index contributed by atoms with van der Waals surface area (Å²) in [5.41, 5.74) is 1.94. The summed E-state index contributed by atoms with van der Waals surface area (Å²) in [6, 6.07) is 9.82. The van der Waals surface area contributed by atoms with Crippen LogP contribution in [-0.2, 0) is 14.4 Å². The fraction of sp³-hybridized carbons (Fsp3) is 0.474. The van der Waals surface area contributed by atoms with Crippen LogP contribution in [0.4, 0.5) is 0 Å². The minimum atomic E-state index is -0.119. The molecule has 0 atom stereocenters. The molecular weight excluding hydrogens is 332 g/mol. The number of carbonyl (C=O) groups is 3. The van der Waals surface area contributed by atoms with Gasteiger partial charge in [0.1, 0.15) is 0 Å². The first-order valence-electron chi connectivity index (χ1n) is 9.01. The van der Waals surface area contributed by atoms with Crippen LogP contribution in [0.5, 0.6) is 0 Å². The Balaban J connectivity index is 1.46. The molecule has 0 N–H and O–H groups in total. The van der Waals surface area contributed by atoms with Gasteiger partial charge in [-0.05, 0) is 5.56 Å². The molecule has 3 amide bonds. The van der Waals surface area contributed by atoms with Crippen LogP contribution in [0.1, 0.15) is 31.7 Å². The summed E-state index contributed by atoms with van der Waals surface area (Å²) >= 11 is 0. The topological polar surface area (TPSA) is 73.3 Å². The zero-order valence-electron chi connectivity index (χ0n) is 15.1. The summed E-state index contributed by atoms with van der Waals surface area (Å²) in [7, 11) is 0. The first-order chi connectivity index (χ1) is 12.5. The Morgan fingerprint density at radius 3 is 2.15 bits per heavy atom. The number of carbonyl (C=O) groups excluding carboxylic acids is 3. The van der Waals surface area contributed by atoms with Crippen LogP contribution < -0.4 is 0 Å². The second-order valence-corrected chi connectivity index (χ2v) is 6.57. The van der Waals surface area contributed by atoms with Crippen molar-refractivity contribution in [1.29, 1.82) is 0 Å². The third-order valence-corrected chi connectivity index (χ3v) is 4.83. The van der Waals surface area contributed by atoms with Gasteiger partial charge in [0, 0.05) is 52.4 Å². The van der Waals surface area contributed by atoms with Gasteiger partial charge in [-0.15, -0.1) is 0 Å². The maximum atomic E-state index is 12.3. The van der Waals surface area contributed by atoms with Crippen LogP contribution >= 0.6 is 0 Å². The Kier molecular flexibility index (Phi) is 5.65. The maximum Gasteiger partial charge on any atom is 0.243 e. The Labute approximate surface area is 153 Å². The Morgan fingerprint density at radius 2 is 1.50 bits per heavy atom. The zero-order valence-corrected chi connectivity index (χ0v) is 15.1. The van der Waals surface area contributed by atoms with Crippen molar-refractivity contribution in [2.75, 3.05) is 32.7 Å². The molecule has 0 radical (unpaired) electrons. The molecule has 0 unspecified atom stereocenters. The van der Waals surface area contributed by atoms with Crippen LogP contribution in [0.3, 0.4) is 0 Å². The third-order valence-electron chi connectivity index (χ3n) is 4.83. The average Bonchev–Trinajstić information content (AvgIpc) is 3.17. The largest absolute Gasteiger partial charge is 0.339 e. The molecule has 1 aromatic rings. The molecule has 0 spiro atoms. The van der Waals surface area contributed by atoms with E-state index in [1.54, 1.807) is 9.80 Å². The van der Waals surface area contributed by atoms with Gasteiger partial charge in [0.2, 0.25) is 17.7 Å². The second kappa shape index (κ2) is 8.12. The highest BCUT2D eigenvalue weighted by molar-refractivity contribution is 6.02. The van der Waals surface area contributed by atoms with Crippen molar-refractivity contribution in [3.63, 3.8) is 0 Å². The van der Waals surface area contributed by atoms with Gasteiger partial charge < -0.3 is 9.80 Å². The van der Waals surface area contributed by atoms with E-state index in [-0.39, 0.29) is 30.6 Å². The number of hydrazone groups is 1. The van der Waals surface area contributed by atoms with E-state index in [2.05, 4.69) is 5.10 Å². The molecule has 138 valence electrons. The molecular formula is C19H24N4O3. The fourth-order valence-electron chi connectivity index (χ4n) is 3.24. The van der Waals surface area contributed by atoms with Crippen molar-refractivity contribution in [3.8, 4) is 0 Å². The molecule has 2 aliphatic rings. The molecule has 1 saturated heterocycles. The van der Waals surface area contributed by atoms with Gasteiger partial charge in [0.25, 0.3) is 0 Å². The van der Waals surface area contributed by atoms with Crippen LogP contribution in [0.25, 0.3) is 0 Å². The molecule has 7 heteroatoms. The number of rotatable bonds is 4. The van der Waals surface area contributed by atoms with E-state index in [0.717, 1.165) is 17.7 Å². The van der Waals surface area contributed by atoms with Crippen LogP contribution in [0.2, 0.25) is 0 Å². The molecule has 2 heterocycles. The van der Waals surface area contributed by atoms with Crippen LogP contribution in [-0.4, -0.2) is 71.0 Å². The predicted octanol–water partition coefficient (Wildman–Crippen LogP) is 1.09. The molecule has 0 bridgehead atoms. The summed E-state index contributed by atoms with van der Waals surface area (Å²) in [5, 5.41) is 5.88. The lowest BCUT2D eigenvalue weighted by molar-refractivity contribution is -0.140. The molecule has 26 heavy (non-hydrogen) atoms. The van der Waals surface area contributed by atoms with Gasteiger partial charge in [-0.2, -0.15) is 5.10 Å².